The van der Waals surface area contributed by atoms with E-state index in [1.807, 2.05) is 55.0 Å². The lowest BCUT2D eigenvalue weighted by molar-refractivity contribution is 0.415. The van der Waals surface area contributed by atoms with Crippen LogP contribution in [-0.4, -0.2) is 7.11 Å². The van der Waals surface area contributed by atoms with E-state index >= 15 is 0 Å². The summed E-state index contributed by atoms with van der Waals surface area (Å²) in [6.07, 6.45) is 5.05. The Labute approximate surface area is 140 Å². The second-order valence-corrected chi connectivity index (χ2v) is 5.86. The van der Waals surface area contributed by atoms with Crippen molar-refractivity contribution < 1.29 is 4.74 Å². The average Bonchev–Trinajstić information content (AvgIpc) is 2.55. The van der Waals surface area contributed by atoms with Crippen molar-refractivity contribution in [3.63, 3.8) is 0 Å². The number of benzene rings is 2. The van der Waals surface area contributed by atoms with E-state index in [-0.39, 0.29) is 0 Å². The lowest BCUT2D eigenvalue weighted by Crippen LogP contribution is -1.99. The highest BCUT2D eigenvalue weighted by molar-refractivity contribution is 6.37. The van der Waals surface area contributed by atoms with E-state index in [1.165, 1.54) is 0 Å². The van der Waals surface area contributed by atoms with Crippen molar-refractivity contribution >= 4 is 34.3 Å². The Bertz CT molecular complexity index is 725. The predicted molar refractivity (Wildman–Crippen MR) is 94.1 cm³/mol. The molecule has 3 heteroatoms. The summed E-state index contributed by atoms with van der Waals surface area (Å²) in [5.41, 5.74) is 4.36. The van der Waals surface area contributed by atoms with Crippen LogP contribution in [0.15, 0.2) is 59.6 Å². The van der Waals surface area contributed by atoms with E-state index in [9.17, 15) is 0 Å². The van der Waals surface area contributed by atoms with Gasteiger partial charge in [-0.1, -0.05) is 53.5 Å². The van der Waals surface area contributed by atoms with Gasteiger partial charge in [0, 0.05) is 22.0 Å². The molecule has 0 spiro atoms. The molecule has 0 amide bonds. The molecule has 1 radical (unpaired) electrons. The first kappa shape index (κ1) is 15.2. The normalized spacial score (nSPS) is 14.8. The second kappa shape index (κ2) is 6.60. The second-order valence-electron chi connectivity index (χ2n) is 5.02. The molecule has 0 aliphatic heterocycles. The van der Waals surface area contributed by atoms with E-state index in [4.69, 9.17) is 27.9 Å². The molecule has 0 heterocycles. The fourth-order valence-electron chi connectivity index (χ4n) is 2.56. The van der Waals surface area contributed by atoms with Gasteiger partial charge >= 0.3 is 0 Å². The van der Waals surface area contributed by atoms with Gasteiger partial charge in [0.1, 0.15) is 5.75 Å². The van der Waals surface area contributed by atoms with Crippen LogP contribution in [-0.2, 0) is 0 Å². The summed E-state index contributed by atoms with van der Waals surface area (Å²) in [5.74, 6) is 0.831. The standard InChI is InChI=1S/C19H15Cl2O/c1-22-16-11-7-14(8-12-16)19-17(3-2-4-18(19)21)13-5-9-15(20)10-6-13/h3-12H,2H2,1H3. The lowest BCUT2D eigenvalue weighted by Gasteiger charge is -2.20. The Kier molecular flexibility index (Phi) is 4.56. The van der Waals surface area contributed by atoms with Gasteiger partial charge in [-0.05, 0) is 47.4 Å². The summed E-state index contributed by atoms with van der Waals surface area (Å²) < 4.78 is 5.22. The van der Waals surface area contributed by atoms with Crippen molar-refractivity contribution in [2.75, 3.05) is 7.11 Å². The number of halogens is 2. The molecule has 0 bridgehead atoms. The van der Waals surface area contributed by atoms with Crippen molar-refractivity contribution in [2.24, 2.45) is 0 Å². The molecule has 0 N–H and O–H groups in total. The van der Waals surface area contributed by atoms with Gasteiger partial charge in [-0.2, -0.15) is 0 Å². The van der Waals surface area contributed by atoms with Crippen LogP contribution in [0.25, 0.3) is 11.1 Å². The SMILES string of the molecule is COc1ccc(C2=C(Cl)[CH]CC=C2c2ccc(Cl)cc2)cc1. The third-order valence-electron chi connectivity index (χ3n) is 3.66. The van der Waals surface area contributed by atoms with Crippen molar-refractivity contribution in [1.82, 2.24) is 0 Å². The van der Waals surface area contributed by atoms with Gasteiger partial charge in [0.2, 0.25) is 0 Å². The third-order valence-corrected chi connectivity index (χ3v) is 4.26. The van der Waals surface area contributed by atoms with Crippen LogP contribution in [0.1, 0.15) is 17.5 Å². The summed E-state index contributed by atoms with van der Waals surface area (Å²) in [7, 11) is 1.66. The zero-order valence-corrected chi connectivity index (χ0v) is 13.7. The highest BCUT2D eigenvalue weighted by Crippen LogP contribution is 2.40. The van der Waals surface area contributed by atoms with Crippen LogP contribution in [0, 0.1) is 6.42 Å². The van der Waals surface area contributed by atoms with Gasteiger partial charge in [-0.15, -0.1) is 0 Å². The summed E-state index contributed by atoms with van der Waals surface area (Å²) in [6.45, 7) is 0. The minimum Gasteiger partial charge on any atom is -0.497 e. The van der Waals surface area contributed by atoms with Crippen molar-refractivity contribution in [2.45, 2.75) is 6.42 Å². The van der Waals surface area contributed by atoms with Crippen LogP contribution in [0.4, 0.5) is 0 Å². The fourth-order valence-corrected chi connectivity index (χ4v) is 2.98. The van der Waals surface area contributed by atoms with E-state index in [0.29, 0.717) is 0 Å². The Balaban J connectivity index is 2.05. The highest BCUT2D eigenvalue weighted by Gasteiger charge is 2.18. The smallest absolute Gasteiger partial charge is 0.118 e. The molecule has 0 aromatic heterocycles. The zero-order chi connectivity index (χ0) is 15.5. The quantitative estimate of drug-likeness (QED) is 0.671. The molecule has 1 nitrogen and oxygen atoms in total. The molecule has 1 aliphatic carbocycles. The molecule has 0 saturated carbocycles. The molecular formula is C19H15Cl2O. The zero-order valence-electron chi connectivity index (χ0n) is 12.1. The Morgan fingerprint density at radius 2 is 1.50 bits per heavy atom. The molecule has 0 fully saturated rings. The van der Waals surface area contributed by atoms with Crippen LogP contribution < -0.4 is 4.74 Å². The maximum absolute atomic E-state index is 6.49. The molecule has 1 aliphatic rings. The number of hydrogen-bond acceptors (Lipinski definition) is 1. The van der Waals surface area contributed by atoms with Crippen LogP contribution in [0.3, 0.4) is 0 Å². The van der Waals surface area contributed by atoms with Crippen LogP contribution in [0.5, 0.6) is 5.75 Å². The lowest BCUT2D eigenvalue weighted by atomic mass is 9.87. The molecule has 0 saturated heterocycles. The maximum atomic E-state index is 6.49. The maximum Gasteiger partial charge on any atom is 0.118 e. The first-order valence-corrected chi connectivity index (χ1v) is 7.78. The first-order valence-electron chi connectivity index (χ1n) is 7.03. The Morgan fingerprint density at radius 3 is 2.14 bits per heavy atom. The minimum absolute atomic E-state index is 0.729. The van der Waals surface area contributed by atoms with E-state index in [2.05, 4.69) is 6.08 Å². The number of hydrogen-bond donors (Lipinski definition) is 0. The summed E-state index contributed by atoms with van der Waals surface area (Å²) >= 11 is 12.5. The van der Waals surface area contributed by atoms with Gasteiger partial charge in [-0.25, -0.2) is 0 Å². The Morgan fingerprint density at radius 1 is 0.864 bits per heavy atom. The fraction of sp³-hybridized carbons (Fsp3) is 0.105. The van der Waals surface area contributed by atoms with Crippen molar-refractivity contribution in [3.05, 3.63) is 82.2 Å². The number of methoxy groups -OCH3 is 1. The predicted octanol–water partition coefficient (Wildman–Crippen LogP) is 5.99. The van der Waals surface area contributed by atoms with Gasteiger partial charge < -0.3 is 4.74 Å². The third kappa shape index (κ3) is 3.06. The first-order chi connectivity index (χ1) is 10.7. The van der Waals surface area contributed by atoms with Gasteiger partial charge in [0.15, 0.2) is 0 Å². The monoisotopic (exact) mass is 329 g/mol. The van der Waals surface area contributed by atoms with Crippen LogP contribution in [0.2, 0.25) is 5.02 Å². The molecular weight excluding hydrogens is 315 g/mol. The minimum atomic E-state index is 0.729. The molecule has 2 aromatic carbocycles. The Hall–Kier alpha value is -1.70. The van der Waals surface area contributed by atoms with Gasteiger partial charge in [-0.3, -0.25) is 0 Å². The van der Waals surface area contributed by atoms with Crippen molar-refractivity contribution in [1.29, 1.82) is 0 Å². The summed E-state index contributed by atoms with van der Waals surface area (Å²) in [5, 5.41) is 1.51. The molecule has 3 rings (SSSR count). The molecule has 0 atom stereocenters. The van der Waals surface area contributed by atoms with Crippen LogP contribution >= 0.6 is 23.2 Å². The van der Waals surface area contributed by atoms with E-state index in [0.717, 1.165) is 44.5 Å². The number of ether oxygens (including phenoxy) is 1. The highest BCUT2D eigenvalue weighted by atomic mass is 35.5. The largest absolute Gasteiger partial charge is 0.497 e. The summed E-state index contributed by atoms with van der Waals surface area (Å²) in [4.78, 5) is 0. The van der Waals surface area contributed by atoms with Gasteiger partial charge in [0.05, 0.1) is 7.11 Å². The van der Waals surface area contributed by atoms with E-state index < -0.39 is 0 Å². The molecule has 0 unspecified atom stereocenters. The molecule has 111 valence electrons. The number of allylic oxidation sites excluding steroid dienone is 4. The molecule has 22 heavy (non-hydrogen) atoms. The van der Waals surface area contributed by atoms with Crippen molar-refractivity contribution in [3.8, 4) is 5.75 Å². The summed E-state index contributed by atoms with van der Waals surface area (Å²) in [6, 6.07) is 15.8. The number of rotatable bonds is 3. The van der Waals surface area contributed by atoms with E-state index in [1.54, 1.807) is 7.11 Å². The average molecular weight is 330 g/mol. The van der Waals surface area contributed by atoms with Gasteiger partial charge in [0.25, 0.3) is 0 Å². The topological polar surface area (TPSA) is 9.23 Å². The molecule has 2 aromatic rings.